The van der Waals surface area contributed by atoms with Crippen LogP contribution in [-0.2, 0) is 6.54 Å². The summed E-state index contributed by atoms with van der Waals surface area (Å²) in [7, 11) is 1.79. The monoisotopic (exact) mass is 349 g/mol. The van der Waals surface area contributed by atoms with Crippen LogP contribution in [0.15, 0.2) is 36.4 Å². The molecule has 2 heteroatoms. The van der Waals surface area contributed by atoms with Crippen molar-refractivity contribution in [2.75, 3.05) is 7.11 Å². The first-order valence-electron chi connectivity index (χ1n) is 10.2. The van der Waals surface area contributed by atoms with Gasteiger partial charge < -0.3 is 10.1 Å². The maximum absolute atomic E-state index is 5.72. The number of benzene rings is 2. The molecule has 4 aliphatic carbocycles. The third-order valence-electron chi connectivity index (χ3n) is 7.48. The molecular formula is C24H31NO. The summed E-state index contributed by atoms with van der Waals surface area (Å²) in [6.07, 6.45) is 8.38. The highest BCUT2D eigenvalue weighted by molar-refractivity contribution is 5.87. The van der Waals surface area contributed by atoms with E-state index in [-0.39, 0.29) is 0 Å². The second-order valence-corrected chi connectivity index (χ2v) is 10.2. The molecule has 2 aromatic rings. The number of hydrogen-bond acceptors (Lipinski definition) is 2. The van der Waals surface area contributed by atoms with Gasteiger partial charge in [0, 0.05) is 17.6 Å². The van der Waals surface area contributed by atoms with Gasteiger partial charge in [-0.25, -0.2) is 0 Å². The highest BCUT2D eigenvalue weighted by Crippen LogP contribution is 2.66. The van der Waals surface area contributed by atoms with E-state index in [2.05, 4.69) is 55.6 Å². The van der Waals surface area contributed by atoms with Crippen LogP contribution in [0, 0.1) is 16.7 Å². The zero-order valence-corrected chi connectivity index (χ0v) is 16.4. The lowest BCUT2D eigenvalue weighted by Gasteiger charge is -2.65. The van der Waals surface area contributed by atoms with Gasteiger partial charge in [0.1, 0.15) is 5.75 Å². The summed E-state index contributed by atoms with van der Waals surface area (Å²) in [6, 6.07) is 13.0. The Morgan fingerprint density at radius 2 is 1.69 bits per heavy atom. The molecule has 0 amide bonds. The molecule has 4 atom stereocenters. The lowest BCUT2D eigenvalue weighted by atomic mass is 9.43. The lowest BCUT2D eigenvalue weighted by molar-refractivity contribution is -0.118. The Hall–Kier alpha value is -1.54. The van der Waals surface area contributed by atoms with E-state index in [1.54, 1.807) is 7.11 Å². The zero-order chi connectivity index (χ0) is 18.0. The van der Waals surface area contributed by atoms with Crippen LogP contribution >= 0.6 is 0 Å². The molecule has 2 nitrogen and oxygen atoms in total. The van der Waals surface area contributed by atoms with Crippen molar-refractivity contribution in [2.45, 2.75) is 64.5 Å². The van der Waals surface area contributed by atoms with E-state index in [1.165, 1.54) is 54.9 Å². The summed E-state index contributed by atoms with van der Waals surface area (Å²) >= 11 is 0. The SMILES string of the molecule is COc1ccc2ccccc2c1CNC12CC3C[C@@](C)(C1)C[C@](C)(C3)C2. The van der Waals surface area contributed by atoms with Crippen molar-refractivity contribution in [3.8, 4) is 5.75 Å². The second kappa shape index (κ2) is 5.48. The van der Waals surface area contributed by atoms with E-state index >= 15 is 0 Å². The largest absolute Gasteiger partial charge is 0.496 e. The summed E-state index contributed by atoms with van der Waals surface area (Å²) in [6.45, 7) is 6.00. The first-order chi connectivity index (χ1) is 12.4. The molecule has 4 fully saturated rings. The van der Waals surface area contributed by atoms with Crippen LogP contribution in [0.2, 0.25) is 0 Å². The van der Waals surface area contributed by atoms with E-state index in [4.69, 9.17) is 4.74 Å². The van der Waals surface area contributed by atoms with Gasteiger partial charge in [-0.05, 0) is 72.1 Å². The van der Waals surface area contributed by atoms with Gasteiger partial charge in [-0.3, -0.25) is 0 Å². The van der Waals surface area contributed by atoms with Crippen LogP contribution in [-0.4, -0.2) is 12.6 Å². The van der Waals surface area contributed by atoms with Crippen molar-refractivity contribution in [2.24, 2.45) is 16.7 Å². The Kier molecular flexibility index (Phi) is 3.50. The first kappa shape index (κ1) is 16.6. The van der Waals surface area contributed by atoms with Gasteiger partial charge in [-0.15, -0.1) is 0 Å². The van der Waals surface area contributed by atoms with Gasteiger partial charge >= 0.3 is 0 Å². The maximum atomic E-state index is 5.72. The van der Waals surface area contributed by atoms with Gasteiger partial charge in [-0.1, -0.05) is 44.2 Å². The number of rotatable bonds is 4. The fourth-order valence-corrected chi connectivity index (χ4v) is 7.61. The molecule has 1 N–H and O–H groups in total. The first-order valence-corrected chi connectivity index (χ1v) is 10.2. The van der Waals surface area contributed by atoms with Crippen molar-refractivity contribution in [1.29, 1.82) is 0 Å². The van der Waals surface area contributed by atoms with Crippen LogP contribution in [0.5, 0.6) is 5.75 Å². The van der Waals surface area contributed by atoms with E-state index in [1.807, 2.05) is 0 Å². The number of nitrogens with one attached hydrogen (secondary N) is 1. The van der Waals surface area contributed by atoms with E-state index in [0.29, 0.717) is 16.4 Å². The quantitative estimate of drug-likeness (QED) is 0.766. The molecule has 4 aliphatic rings. The van der Waals surface area contributed by atoms with Crippen molar-refractivity contribution < 1.29 is 4.74 Å². The fraction of sp³-hybridized carbons (Fsp3) is 0.583. The molecule has 26 heavy (non-hydrogen) atoms. The number of hydrogen-bond donors (Lipinski definition) is 1. The van der Waals surface area contributed by atoms with Gasteiger partial charge in [-0.2, -0.15) is 0 Å². The van der Waals surface area contributed by atoms with E-state index < -0.39 is 0 Å². The molecule has 2 unspecified atom stereocenters. The standard InChI is InChI=1S/C24H31NO/c1-22-10-17-11-23(2,14-22)16-24(12-17,15-22)25-13-20-19-7-5-4-6-18(19)8-9-21(20)26-3/h4-9,17,25H,10-16H2,1-3H3/t17?,22-,23+,24?. The normalized spacial score (nSPS) is 38.0. The van der Waals surface area contributed by atoms with Gasteiger partial charge in [0.15, 0.2) is 0 Å². The Labute approximate surface area is 157 Å². The minimum absolute atomic E-state index is 0.324. The van der Waals surface area contributed by atoms with Crippen LogP contribution in [0.4, 0.5) is 0 Å². The number of fused-ring (bicyclic) bond motifs is 1. The number of ether oxygens (including phenoxy) is 1. The summed E-state index contributed by atoms with van der Waals surface area (Å²) < 4.78 is 5.72. The maximum Gasteiger partial charge on any atom is 0.123 e. The van der Waals surface area contributed by atoms with Gasteiger partial charge in [0.2, 0.25) is 0 Å². The van der Waals surface area contributed by atoms with Crippen LogP contribution in [0.25, 0.3) is 10.8 Å². The molecule has 6 rings (SSSR count). The minimum atomic E-state index is 0.324. The predicted molar refractivity (Wildman–Crippen MR) is 107 cm³/mol. The Balaban J connectivity index is 1.48. The summed E-state index contributed by atoms with van der Waals surface area (Å²) in [5.41, 5.74) is 2.73. The summed E-state index contributed by atoms with van der Waals surface area (Å²) in [5, 5.41) is 6.70. The smallest absolute Gasteiger partial charge is 0.123 e. The lowest BCUT2D eigenvalue weighted by Crippen LogP contribution is -2.63. The third kappa shape index (κ3) is 2.57. The van der Waals surface area contributed by atoms with E-state index in [0.717, 1.165) is 18.2 Å². The van der Waals surface area contributed by atoms with Crippen molar-refractivity contribution >= 4 is 10.8 Å². The topological polar surface area (TPSA) is 21.3 Å². The van der Waals surface area contributed by atoms with Gasteiger partial charge in [0.05, 0.1) is 7.11 Å². The molecule has 0 heterocycles. The average molecular weight is 350 g/mol. The molecule has 0 aromatic heterocycles. The highest BCUT2D eigenvalue weighted by atomic mass is 16.5. The Bertz CT molecular complexity index is 838. The fourth-order valence-electron chi connectivity index (χ4n) is 7.61. The zero-order valence-electron chi connectivity index (χ0n) is 16.4. The molecule has 4 saturated carbocycles. The average Bonchev–Trinajstić information content (AvgIpc) is 2.56. The molecule has 138 valence electrons. The van der Waals surface area contributed by atoms with Crippen molar-refractivity contribution in [1.82, 2.24) is 5.32 Å². The molecule has 2 aromatic carbocycles. The molecule has 0 saturated heterocycles. The molecule has 0 spiro atoms. The Morgan fingerprint density at radius 3 is 2.38 bits per heavy atom. The van der Waals surface area contributed by atoms with Crippen LogP contribution in [0.3, 0.4) is 0 Å². The van der Waals surface area contributed by atoms with E-state index in [9.17, 15) is 0 Å². The molecule has 4 bridgehead atoms. The molecule has 0 radical (unpaired) electrons. The summed E-state index contributed by atoms with van der Waals surface area (Å²) in [4.78, 5) is 0. The second-order valence-electron chi connectivity index (χ2n) is 10.2. The van der Waals surface area contributed by atoms with Crippen LogP contribution < -0.4 is 10.1 Å². The van der Waals surface area contributed by atoms with Crippen LogP contribution in [0.1, 0.15) is 57.9 Å². The highest BCUT2D eigenvalue weighted by Gasteiger charge is 2.59. The third-order valence-corrected chi connectivity index (χ3v) is 7.48. The summed E-state index contributed by atoms with van der Waals surface area (Å²) in [5.74, 6) is 1.93. The van der Waals surface area contributed by atoms with Gasteiger partial charge in [0.25, 0.3) is 0 Å². The predicted octanol–water partition coefficient (Wildman–Crippen LogP) is 5.69. The Morgan fingerprint density at radius 1 is 0.962 bits per heavy atom. The molecule has 0 aliphatic heterocycles. The number of methoxy groups -OCH3 is 1. The van der Waals surface area contributed by atoms with Crippen molar-refractivity contribution in [3.63, 3.8) is 0 Å². The van der Waals surface area contributed by atoms with Crippen molar-refractivity contribution in [3.05, 3.63) is 42.0 Å². The minimum Gasteiger partial charge on any atom is -0.496 e. The molecular weight excluding hydrogens is 318 g/mol.